The Balaban J connectivity index is 0.000000220. The third-order valence-corrected chi connectivity index (χ3v) is 3.65. The lowest BCUT2D eigenvalue weighted by atomic mass is 9.98. The van der Waals surface area contributed by atoms with E-state index in [1.54, 1.807) is 24.3 Å². The molecule has 2 aromatic carbocycles. The van der Waals surface area contributed by atoms with Crippen molar-refractivity contribution in [1.82, 2.24) is 0 Å². The van der Waals surface area contributed by atoms with Gasteiger partial charge in [0.1, 0.15) is 5.75 Å². The van der Waals surface area contributed by atoms with Crippen LogP contribution in [0, 0.1) is 20.8 Å². The molecule has 0 fully saturated rings. The highest BCUT2D eigenvalue weighted by Gasteiger charge is 2.00. The molecule has 22 heavy (non-hydrogen) atoms. The third kappa shape index (κ3) is 5.09. The summed E-state index contributed by atoms with van der Waals surface area (Å²) in [5.74, 6) is 0.333. The Labute approximate surface area is 133 Å². The van der Waals surface area contributed by atoms with E-state index in [9.17, 15) is 9.36 Å². The Kier molecular flexibility index (Phi) is 7.48. The maximum absolute atomic E-state index is 10.3. The van der Waals surface area contributed by atoms with Crippen LogP contribution in [0.5, 0.6) is 5.75 Å². The standard InChI is InChI=1S/C11H16.C7H5O3P/c1-5-11-9(3)6-8(2)7-10(11)4;8-5-6-3-1-2-4-7(6)10-11-9/h6-7H,5H2,1-4H3;1-5H. The first-order valence-electron chi connectivity index (χ1n) is 7.14. The number of aldehydes is 1. The molecule has 0 unspecified atom stereocenters. The van der Waals surface area contributed by atoms with Gasteiger partial charge in [-0.2, -0.15) is 0 Å². The van der Waals surface area contributed by atoms with Crippen molar-refractivity contribution in [3.8, 4) is 5.75 Å². The maximum Gasteiger partial charge on any atom is 0.395 e. The van der Waals surface area contributed by atoms with E-state index in [2.05, 4.69) is 44.4 Å². The van der Waals surface area contributed by atoms with E-state index in [0.29, 0.717) is 17.6 Å². The van der Waals surface area contributed by atoms with Crippen LogP contribution in [0.1, 0.15) is 39.5 Å². The number of aryl methyl sites for hydroxylation is 3. The van der Waals surface area contributed by atoms with E-state index in [-0.39, 0.29) is 0 Å². The Hall–Kier alpha value is -1.99. The van der Waals surface area contributed by atoms with Gasteiger partial charge in [-0.15, -0.1) is 0 Å². The highest BCUT2D eigenvalue weighted by molar-refractivity contribution is 7.17. The van der Waals surface area contributed by atoms with Crippen LogP contribution in [-0.4, -0.2) is 6.29 Å². The molecule has 0 saturated carbocycles. The van der Waals surface area contributed by atoms with E-state index in [1.165, 1.54) is 22.3 Å². The second-order valence-corrected chi connectivity index (χ2v) is 5.38. The quantitative estimate of drug-likeness (QED) is 0.571. The highest BCUT2D eigenvalue weighted by atomic mass is 31.1. The van der Waals surface area contributed by atoms with Gasteiger partial charge in [-0.05, 0) is 56.0 Å². The molecule has 3 nitrogen and oxygen atoms in total. The fourth-order valence-corrected chi connectivity index (χ4v) is 2.72. The third-order valence-electron chi connectivity index (χ3n) is 3.38. The van der Waals surface area contributed by atoms with Crippen LogP contribution < -0.4 is 4.52 Å². The molecule has 0 spiro atoms. The summed E-state index contributed by atoms with van der Waals surface area (Å²) in [6, 6.07) is 11.1. The van der Waals surface area contributed by atoms with Gasteiger partial charge in [0.25, 0.3) is 0 Å². The summed E-state index contributed by atoms with van der Waals surface area (Å²) in [5.41, 5.74) is 6.15. The highest BCUT2D eigenvalue weighted by Crippen LogP contribution is 2.19. The molecule has 0 bridgehead atoms. The molecule has 116 valence electrons. The molecule has 0 heterocycles. The topological polar surface area (TPSA) is 43.4 Å². The van der Waals surface area contributed by atoms with Crippen molar-refractivity contribution in [3.05, 3.63) is 64.2 Å². The minimum Gasteiger partial charge on any atom is -0.407 e. The van der Waals surface area contributed by atoms with E-state index in [1.807, 2.05) is 0 Å². The lowest BCUT2D eigenvalue weighted by Crippen LogP contribution is -1.92. The summed E-state index contributed by atoms with van der Waals surface area (Å²) < 4.78 is 14.6. The number of carbonyl (C=O) groups excluding carboxylic acids is 1. The van der Waals surface area contributed by atoms with Gasteiger partial charge in [-0.25, -0.2) is 4.57 Å². The molecular formula is C18H21O3P. The number of benzene rings is 2. The van der Waals surface area contributed by atoms with Crippen molar-refractivity contribution in [1.29, 1.82) is 0 Å². The summed E-state index contributed by atoms with van der Waals surface area (Å²) in [7, 11) is -0.449. The van der Waals surface area contributed by atoms with Crippen LogP contribution in [0.25, 0.3) is 0 Å². The second-order valence-electron chi connectivity index (χ2n) is 5.05. The number of hydrogen-bond donors (Lipinski definition) is 0. The molecule has 0 aromatic heterocycles. The van der Waals surface area contributed by atoms with Crippen LogP contribution in [0.15, 0.2) is 36.4 Å². The van der Waals surface area contributed by atoms with E-state index in [4.69, 9.17) is 0 Å². The van der Waals surface area contributed by atoms with Crippen molar-refractivity contribution in [3.63, 3.8) is 0 Å². The van der Waals surface area contributed by atoms with Gasteiger partial charge in [0, 0.05) is 0 Å². The largest absolute Gasteiger partial charge is 0.407 e. The molecular weight excluding hydrogens is 295 g/mol. The lowest BCUT2D eigenvalue weighted by Gasteiger charge is -2.08. The van der Waals surface area contributed by atoms with Crippen LogP contribution in [0.2, 0.25) is 0 Å². The molecule has 0 aliphatic heterocycles. The normalized spacial score (nSPS) is 9.82. The van der Waals surface area contributed by atoms with Crippen molar-refractivity contribution in [2.45, 2.75) is 34.1 Å². The number of carbonyl (C=O) groups is 1. The summed E-state index contributed by atoms with van der Waals surface area (Å²) in [6.07, 6.45) is 1.80. The molecule has 0 aliphatic rings. The van der Waals surface area contributed by atoms with Gasteiger partial charge in [-0.1, -0.05) is 36.8 Å². The first-order chi connectivity index (χ1) is 10.5. The molecule has 0 N–H and O–H groups in total. The van der Waals surface area contributed by atoms with Crippen LogP contribution >= 0.6 is 8.69 Å². The average Bonchev–Trinajstić information content (AvgIpc) is 2.48. The van der Waals surface area contributed by atoms with Gasteiger partial charge in [0.05, 0.1) is 5.56 Å². The molecule has 2 aromatic rings. The average molecular weight is 316 g/mol. The fraction of sp³-hybridized carbons (Fsp3) is 0.278. The SMILES string of the molecule is CCc1c(C)cc(C)cc1C.O=Cc1ccccc1OP=O. The molecule has 0 atom stereocenters. The van der Waals surface area contributed by atoms with Crippen LogP contribution in [0.3, 0.4) is 0 Å². The molecule has 0 aliphatic carbocycles. The van der Waals surface area contributed by atoms with Gasteiger partial charge in [-0.3, -0.25) is 4.79 Å². The predicted molar refractivity (Wildman–Crippen MR) is 90.1 cm³/mol. The monoisotopic (exact) mass is 316 g/mol. The molecule has 4 heteroatoms. The zero-order valence-corrected chi connectivity index (χ0v) is 14.3. The summed E-state index contributed by atoms with van der Waals surface area (Å²) in [5, 5.41) is 0. The van der Waals surface area contributed by atoms with Crippen molar-refractivity contribution < 1.29 is 13.9 Å². The molecule has 0 amide bonds. The van der Waals surface area contributed by atoms with E-state index in [0.717, 1.165) is 6.42 Å². The number of hydrogen-bond acceptors (Lipinski definition) is 3. The van der Waals surface area contributed by atoms with Gasteiger partial charge < -0.3 is 4.52 Å². The second kappa shape index (κ2) is 9.11. The van der Waals surface area contributed by atoms with Gasteiger partial charge >= 0.3 is 8.69 Å². The fourth-order valence-electron chi connectivity index (χ4n) is 2.47. The molecule has 0 radical (unpaired) electrons. The summed E-state index contributed by atoms with van der Waals surface area (Å²) in [6.45, 7) is 8.75. The molecule has 2 rings (SSSR count). The zero-order chi connectivity index (χ0) is 16.5. The summed E-state index contributed by atoms with van der Waals surface area (Å²) >= 11 is 0. The Morgan fingerprint density at radius 2 is 1.68 bits per heavy atom. The Morgan fingerprint density at radius 1 is 1.09 bits per heavy atom. The number of para-hydroxylation sites is 1. The van der Waals surface area contributed by atoms with E-state index >= 15 is 0 Å². The van der Waals surface area contributed by atoms with Gasteiger partial charge in [0.15, 0.2) is 6.29 Å². The minimum atomic E-state index is -0.449. The lowest BCUT2D eigenvalue weighted by molar-refractivity contribution is 0.112. The van der Waals surface area contributed by atoms with Crippen molar-refractivity contribution in [2.75, 3.05) is 0 Å². The summed E-state index contributed by atoms with van der Waals surface area (Å²) in [4.78, 5) is 10.3. The molecule has 0 saturated heterocycles. The van der Waals surface area contributed by atoms with Crippen LogP contribution in [-0.2, 0) is 11.0 Å². The van der Waals surface area contributed by atoms with Gasteiger partial charge in [0.2, 0.25) is 0 Å². The smallest absolute Gasteiger partial charge is 0.395 e. The zero-order valence-electron chi connectivity index (χ0n) is 13.4. The first-order valence-corrected chi connectivity index (χ1v) is 7.87. The number of rotatable bonds is 4. The van der Waals surface area contributed by atoms with Crippen molar-refractivity contribution in [2.24, 2.45) is 0 Å². The maximum atomic E-state index is 10.3. The Bertz CT molecular complexity index is 628. The predicted octanol–water partition coefficient (Wildman–Crippen LogP) is 5.26. The first kappa shape index (κ1) is 18.1. The van der Waals surface area contributed by atoms with E-state index < -0.39 is 8.69 Å². The van der Waals surface area contributed by atoms with Crippen molar-refractivity contribution >= 4 is 15.0 Å². The Morgan fingerprint density at radius 3 is 2.18 bits per heavy atom. The minimum absolute atomic E-state index is 0.333. The van der Waals surface area contributed by atoms with Crippen LogP contribution in [0.4, 0.5) is 0 Å².